The molecule has 0 heterocycles. The Hall–Kier alpha value is -1.27. The van der Waals surface area contributed by atoms with Gasteiger partial charge in [0, 0.05) is 11.7 Å². The molecule has 0 saturated heterocycles. The summed E-state index contributed by atoms with van der Waals surface area (Å²) in [7, 11) is -3.78. The Labute approximate surface area is 115 Å². The maximum atomic E-state index is 11.6. The number of primary sulfonamides is 1. The molecule has 1 atom stereocenters. The lowest BCUT2D eigenvalue weighted by atomic mass is 9.95. The number of hydrogen-bond donors (Lipinski definition) is 3. The van der Waals surface area contributed by atoms with Gasteiger partial charge in [0.25, 0.3) is 0 Å². The van der Waals surface area contributed by atoms with Crippen LogP contribution in [-0.2, 0) is 10.0 Å². The lowest BCUT2D eigenvalue weighted by Gasteiger charge is -2.24. The van der Waals surface area contributed by atoms with Crippen molar-refractivity contribution in [2.45, 2.75) is 44.6 Å². The Bertz CT molecular complexity index is 525. The molecule has 0 amide bonds. The second kappa shape index (κ2) is 6.25. The van der Waals surface area contributed by atoms with Gasteiger partial charge in [-0.15, -0.1) is 0 Å². The Morgan fingerprint density at radius 2 is 1.84 bits per heavy atom. The van der Waals surface area contributed by atoms with E-state index in [-0.39, 0.29) is 10.9 Å². The highest BCUT2D eigenvalue weighted by atomic mass is 32.2. The first kappa shape index (κ1) is 15.8. The van der Waals surface area contributed by atoms with Gasteiger partial charge in [-0.05, 0) is 31.0 Å². The second-order valence-electron chi connectivity index (χ2n) is 4.81. The molecule has 1 unspecified atom stereocenters. The van der Waals surface area contributed by atoms with Gasteiger partial charge in [0.2, 0.25) is 10.0 Å². The van der Waals surface area contributed by atoms with Crippen LogP contribution in [0.25, 0.3) is 0 Å². The number of rotatable bonds is 6. The van der Waals surface area contributed by atoms with E-state index in [0.717, 1.165) is 12.8 Å². The maximum absolute atomic E-state index is 11.6. The molecule has 0 aromatic heterocycles. The summed E-state index contributed by atoms with van der Waals surface area (Å²) in [5.41, 5.74) is 6.51. The van der Waals surface area contributed by atoms with Crippen molar-refractivity contribution in [2.24, 2.45) is 11.1 Å². The first-order valence-corrected chi connectivity index (χ1v) is 8.03. The zero-order valence-electron chi connectivity index (χ0n) is 11.7. The summed E-state index contributed by atoms with van der Waals surface area (Å²) < 4.78 is 23.2. The predicted octanol–water partition coefficient (Wildman–Crippen LogP) is 2.15. The molecule has 0 aliphatic rings. The van der Waals surface area contributed by atoms with Gasteiger partial charge in [-0.2, -0.15) is 0 Å². The molecule has 0 radical (unpaired) electrons. The van der Waals surface area contributed by atoms with E-state index in [1.807, 2.05) is 6.92 Å². The fourth-order valence-corrected chi connectivity index (χ4v) is 2.99. The summed E-state index contributed by atoms with van der Waals surface area (Å²) in [6, 6.07) is 4.88. The minimum Gasteiger partial charge on any atom is -0.399 e. The topological polar surface area (TPSA) is 98.2 Å². The van der Waals surface area contributed by atoms with Gasteiger partial charge in [0.05, 0.1) is 5.69 Å². The summed E-state index contributed by atoms with van der Waals surface area (Å²) in [4.78, 5) is 0.0466. The number of nitrogens with one attached hydrogen (secondary N) is 1. The third kappa shape index (κ3) is 4.11. The predicted molar refractivity (Wildman–Crippen MR) is 79.4 cm³/mol. The molecule has 6 heteroatoms. The number of hydrogen-bond acceptors (Lipinski definition) is 4. The molecule has 19 heavy (non-hydrogen) atoms. The van der Waals surface area contributed by atoms with Crippen LogP contribution in [0.15, 0.2) is 23.1 Å². The lowest BCUT2D eigenvalue weighted by Crippen LogP contribution is -2.26. The van der Waals surface area contributed by atoms with Crippen molar-refractivity contribution < 1.29 is 8.42 Å². The molecule has 0 fully saturated rings. The first-order valence-electron chi connectivity index (χ1n) is 6.48. The van der Waals surface area contributed by atoms with E-state index < -0.39 is 10.0 Å². The Morgan fingerprint density at radius 1 is 1.26 bits per heavy atom. The van der Waals surface area contributed by atoms with Crippen LogP contribution in [0.1, 0.15) is 33.6 Å². The van der Waals surface area contributed by atoms with Gasteiger partial charge in [-0.3, -0.25) is 0 Å². The number of nitrogen functional groups attached to an aromatic ring is 1. The fraction of sp³-hybridized carbons (Fsp3) is 0.538. The smallest absolute Gasteiger partial charge is 0.240 e. The number of benzene rings is 1. The maximum Gasteiger partial charge on any atom is 0.240 e. The Morgan fingerprint density at radius 3 is 2.32 bits per heavy atom. The highest BCUT2D eigenvalue weighted by Crippen LogP contribution is 2.25. The van der Waals surface area contributed by atoms with Gasteiger partial charge in [0.1, 0.15) is 4.90 Å². The molecular formula is C13H23N3O2S. The first-order chi connectivity index (χ1) is 8.79. The molecule has 1 aromatic carbocycles. The van der Waals surface area contributed by atoms with Crippen LogP contribution in [-0.4, -0.2) is 14.5 Å². The van der Waals surface area contributed by atoms with Crippen molar-refractivity contribution in [3.05, 3.63) is 18.2 Å². The van der Waals surface area contributed by atoms with Gasteiger partial charge < -0.3 is 11.1 Å². The van der Waals surface area contributed by atoms with Crippen molar-refractivity contribution in [3.63, 3.8) is 0 Å². The summed E-state index contributed by atoms with van der Waals surface area (Å²) in [6.07, 6.45) is 2.06. The Balaban J connectivity index is 3.08. The van der Waals surface area contributed by atoms with E-state index in [0.29, 0.717) is 17.3 Å². The molecule has 1 aromatic rings. The normalized spacial score (nSPS) is 13.5. The number of sulfonamides is 1. The largest absolute Gasteiger partial charge is 0.399 e. The minimum absolute atomic E-state index is 0.0466. The lowest BCUT2D eigenvalue weighted by molar-refractivity contribution is 0.437. The van der Waals surface area contributed by atoms with E-state index in [1.54, 1.807) is 12.1 Å². The van der Waals surface area contributed by atoms with E-state index in [2.05, 4.69) is 19.2 Å². The van der Waals surface area contributed by atoms with Crippen LogP contribution in [0, 0.1) is 5.92 Å². The van der Waals surface area contributed by atoms with Crippen LogP contribution in [0.3, 0.4) is 0 Å². The van der Waals surface area contributed by atoms with Crippen LogP contribution in [0.5, 0.6) is 0 Å². The van der Waals surface area contributed by atoms with Crippen LogP contribution < -0.4 is 16.2 Å². The molecule has 0 bridgehead atoms. The van der Waals surface area contributed by atoms with E-state index >= 15 is 0 Å². The zero-order chi connectivity index (χ0) is 14.6. The molecule has 5 N–H and O–H groups in total. The molecule has 108 valence electrons. The second-order valence-corrected chi connectivity index (χ2v) is 6.34. The molecule has 0 spiro atoms. The van der Waals surface area contributed by atoms with Crippen molar-refractivity contribution >= 4 is 21.4 Å². The van der Waals surface area contributed by atoms with Gasteiger partial charge in [-0.25, -0.2) is 13.6 Å². The molecule has 0 aliphatic carbocycles. The minimum atomic E-state index is -3.78. The average Bonchev–Trinajstić information content (AvgIpc) is 2.31. The van der Waals surface area contributed by atoms with Crippen LogP contribution in [0.4, 0.5) is 11.4 Å². The quantitative estimate of drug-likeness (QED) is 0.697. The molecule has 5 nitrogen and oxygen atoms in total. The molecular weight excluding hydrogens is 262 g/mol. The molecule has 0 saturated carbocycles. The van der Waals surface area contributed by atoms with E-state index in [9.17, 15) is 8.42 Å². The van der Waals surface area contributed by atoms with Gasteiger partial charge >= 0.3 is 0 Å². The molecule has 1 rings (SSSR count). The monoisotopic (exact) mass is 285 g/mol. The van der Waals surface area contributed by atoms with E-state index in [4.69, 9.17) is 10.9 Å². The van der Waals surface area contributed by atoms with E-state index in [1.165, 1.54) is 6.07 Å². The van der Waals surface area contributed by atoms with Crippen LogP contribution in [0.2, 0.25) is 0 Å². The molecule has 0 aliphatic heterocycles. The SMILES string of the molecule is CCC(CC)C(C)Nc1ccc(N)cc1S(N)(=O)=O. The number of nitrogens with two attached hydrogens (primary N) is 2. The summed E-state index contributed by atoms with van der Waals surface area (Å²) >= 11 is 0. The third-order valence-electron chi connectivity index (χ3n) is 3.45. The summed E-state index contributed by atoms with van der Waals surface area (Å²) in [6.45, 7) is 6.28. The number of anilines is 2. The van der Waals surface area contributed by atoms with Gasteiger partial charge in [0.15, 0.2) is 0 Å². The van der Waals surface area contributed by atoms with Crippen molar-refractivity contribution in [2.75, 3.05) is 11.1 Å². The van der Waals surface area contributed by atoms with Gasteiger partial charge in [-0.1, -0.05) is 26.7 Å². The Kier molecular flexibility index (Phi) is 5.20. The standard InChI is InChI=1S/C13H23N3O2S/c1-4-10(5-2)9(3)16-12-7-6-11(14)8-13(12)19(15,17)18/h6-10,16H,4-5,14H2,1-3H3,(H2,15,17,18). The average molecular weight is 285 g/mol. The van der Waals surface area contributed by atoms with Crippen molar-refractivity contribution in [1.29, 1.82) is 0 Å². The third-order valence-corrected chi connectivity index (χ3v) is 4.40. The highest BCUT2D eigenvalue weighted by Gasteiger charge is 2.18. The van der Waals surface area contributed by atoms with Crippen molar-refractivity contribution in [1.82, 2.24) is 0 Å². The van der Waals surface area contributed by atoms with Crippen LogP contribution >= 0.6 is 0 Å². The summed E-state index contributed by atoms with van der Waals surface area (Å²) in [5, 5.41) is 8.45. The summed E-state index contributed by atoms with van der Waals surface area (Å²) in [5.74, 6) is 0.478. The highest BCUT2D eigenvalue weighted by molar-refractivity contribution is 7.89. The van der Waals surface area contributed by atoms with Crippen molar-refractivity contribution in [3.8, 4) is 0 Å². The fourth-order valence-electron chi connectivity index (χ4n) is 2.25. The zero-order valence-corrected chi connectivity index (χ0v) is 12.5.